The number of thiophene rings is 1. The zero-order chi connectivity index (χ0) is 12.3. The van der Waals surface area contributed by atoms with Crippen molar-refractivity contribution in [3.8, 4) is 0 Å². The van der Waals surface area contributed by atoms with Gasteiger partial charge in [0.05, 0.1) is 14.4 Å². The van der Waals surface area contributed by atoms with E-state index < -0.39 is 9.84 Å². The molecule has 4 nitrogen and oxygen atoms in total. The monoisotopic (exact) mass is 325 g/mol. The standard InChI is InChI=1S/C9H12BrNO3S2/c1-6-5-7(15-8(6)10)9(12)11-3-4-16(2,13)14/h5H,3-4H2,1-2H3,(H,11,12). The van der Waals surface area contributed by atoms with Gasteiger partial charge in [-0.25, -0.2) is 8.42 Å². The molecule has 1 N–H and O–H groups in total. The molecule has 1 amide bonds. The predicted molar refractivity (Wildman–Crippen MR) is 68.8 cm³/mol. The molecule has 1 rings (SSSR count). The summed E-state index contributed by atoms with van der Waals surface area (Å²) in [6.45, 7) is 2.04. The van der Waals surface area contributed by atoms with Gasteiger partial charge in [0.25, 0.3) is 5.91 Å². The Bertz CT molecular complexity index is 473. The zero-order valence-corrected chi connectivity index (χ0v) is 12.1. The van der Waals surface area contributed by atoms with Gasteiger partial charge in [-0.05, 0) is 34.5 Å². The molecule has 0 saturated heterocycles. The second-order valence-corrected chi connectivity index (χ2v) is 8.08. The Labute approximate surface area is 107 Å². The zero-order valence-electron chi connectivity index (χ0n) is 8.91. The first-order valence-corrected chi connectivity index (χ1v) is 8.18. The van der Waals surface area contributed by atoms with Crippen LogP contribution in [-0.2, 0) is 9.84 Å². The number of nitrogens with one attached hydrogen (secondary N) is 1. The molecule has 0 aliphatic carbocycles. The highest BCUT2D eigenvalue weighted by Crippen LogP contribution is 2.27. The first kappa shape index (κ1) is 13.7. The highest BCUT2D eigenvalue weighted by atomic mass is 79.9. The Kier molecular flexibility index (Phi) is 4.52. The van der Waals surface area contributed by atoms with Crippen LogP contribution >= 0.6 is 27.3 Å². The van der Waals surface area contributed by atoms with Crippen LogP contribution < -0.4 is 5.32 Å². The van der Waals surface area contributed by atoms with Crippen molar-refractivity contribution in [3.63, 3.8) is 0 Å². The Hall–Kier alpha value is -0.400. The SMILES string of the molecule is Cc1cc(C(=O)NCCS(C)(=O)=O)sc1Br. The molecule has 1 heterocycles. The van der Waals surface area contributed by atoms with Crippen molar-refractivity contribution in [2.45, 2.75) is 6.92 Å². The third-order valence-electron chi connectivity index (χ3n) is 1.84. The van der Waals surface area contributed by atoms with Crippen molar-refractivity contribution in [2.24, 2.45) is 0 Å². The fourth-order valence-corrected chi connectivity index (χ4v) is 2.93. The van der Waals surface area contributed by atoms with E-state index in [1.54, 1.807) is 6.07 Å². The minimum atomic E-state index is -3.03. The normalized spacial score (nSPS) is 11.4. The van der Waals surface area contributed by atoms with Gasteiger partial charge in [0, 0.05) is 12.8 Å². The maximum absolute atomic E-state index is 11.6. The van der Waals surface area contributed by atoms with Crippen molar-refractivity contribution in [2.75, 3.05) is 18.6 Å². The summed E-state index contributed by atoms with van der Waals surface area (Å²) < 4.78 is 22.6. The topological polar surface area (TPSA) is 63.2 Å². The molecule has 0 aliphatic rings. The Morgan fingerprint density at radius 3 is 2.62 bits per heavy atom. The Morgan fingerprint density at radius 2 is 2.19 bits per heavy atom. The second-order valence-electron chi connectivity index (χ2n) is 3.45. The van der Waals surface area contributed by atoms with E-state index in [0.29, 0.717) is 4.88 Å². The summed E-state index contributed by atoms with van der Waals surface area (Å²) in [7, 11) is -3.03. The van der Waals surface area contributed by atoms with E-state index in [4.69, 9.17) is 0 Å². The van der Waals surface area contributed by atoms with Crippen LogP contribution in [-0.4, -0.2) is 32.9 Å². The Balaban J connectivity index is 2.54. The lowest BCUT2D eigenvalue weighted by Gasteiger charge is -2.01. The second kappa shape index (κ2) is 5.29. The van der Waals surface area contributed by atoms with Crippen molar-refractivity contribution in [1.82, 2.24) is 5.32 Å². The van der Waals surface area contributed by atoms with Crippen LogP contribution in [0, 0.1) is 6.92 Å². The smallest absolute Gasteiger partial charge is 0.261 e. The predicted octanol–water partition coefficient (Wildman–Crippen LogP) is 1.59. The van der Waals surface area contributed by atoms with Crippen LogP contribution in [0.15, 0.2) is 9.85 Å². The lowest BCUT2D eigenvalue weighted by molar-refractivity contribution is 0.0960. The van der Waals surface area contributed by atoms with Crippen LogP contribution in [0.4, 0.5) is 0 Å². The summed E-state index contributed by atoms with van der Waals surface area (Å²) in [6, 6.07) is 1.77. The minimum absolute atomic E-state index is 0.0374. The van der Waals surface area contributed by atoms with Gasteiger partial charge >= 0.3 is 0 Å². The molecular formula is C9H12BrNO3S2. The fourth-order valence-electron chi connectivity index (χ4n) is 1.01. The highest BCUT2D eigenvalue weighted by molar-refractivity contribution is 9.11. The third kappa shape index (κ3) is 4.23. The molecule has 0 bridgehead atoms. The summed E-state index contributed by atoms with van der Waals surface area (Å²) in [5.74, 6) is -0.271. The highest BCUT2D eigenvalue weighted by Gasteiger charge is 2.11. The van der Waals surface area contributed by atoms with Crippen molar-refractivity contribution in [1.29, 1.82) is 0 Å². The summed E-state index contributed by atoms with van der Waals surface area (Å²) in [6.07, 6.45) is 1.14. The van der Waals surface area contributed by atoms with Gasteiger partial charge in [0.15, 0.2) is 0 Å². The van der Waals surface area contributed by atoms with Gasteiger partial charge in [-0.2, -0.15) is 0 Å². The third-order valence-corrected chi connectivity index (χ3v) is 4.92. The molecular weight excluding hydrogens is 314 g/mol. The number of hydrogen-bond acceptors (Lipinski definition) is 4. The lowest BCUT2D eigenvalue weighted by Crippen LogP contribution is -2.28. The molecule has 0 atom stereocenters. The van der Waals surface area contributed by atoms with E-state index in [1.807, 2.05) is 6.92 Å². The molecule has 7 heteroatoms. The number of aryl methyl sites for hydroxylation is 1. The van der Waals surface area contributed by atoms with Gasteiger partial charge in [-0.1, -0.05) is 0 Å². The first-order valence-electron chi connectivity index (χ1n) is 4.51. The van der Waals surface area contributed by atoms with Crippen LogP contribution in [0.5, 0.6) is 0 Å². The van der Waals surface area contributed by atoms with Crippen LogP contribution in [0.2, 0.25) is 0 Å². The number of carbonyl (C=O) groups excluding carboxylic acids is 1. The van der Waals surface area contributed by atoms with Gasteiger partial charge in [0.1, 0.15) is 9.84 Å². The van der Waals surface area contributed by atoms with Gasteiger partial charge in [0.2, 0.25) is 0 Å². The molecule has 0 fully saturated rings. The van der Waals surface area contributed by atoms with E-state index in [0.717, 1.165) is 15.6 Å². The first-order chi connectivity index (χ1) is 7.29. The molecule has 1 aromatic heterocycles. The van der Waals surface area contributed by atoms with E-state index in [9.17, 15) is 13.2 Å². The molecule has 1 aromatic rings. The molecule has 0 unspecified atom stereocenters. The largest absolute Gasteiger partial charge is 0.350 e. The van der Waals surface area contributed by atoms with Gasteiger partial charge < -0.3 is 5.32 Å². The number of amides is 1. The average Bonchev–Trinajstić information content (AvgIpc) is 2.45. The van der Waals surface area contributed by atoms with E-state index >= 15 is 0 Å². The molecule has 90 valence electrons. The number of hydrogen-bond donors (Lipinski definition) is 1. The van der Waals surface area contributed by atoms with Gasteiger partial charge in [-0.15, -0.1) is 11.3 Å². The number of sulfone groups is 1. The summed E-state index contributed by atoms with van der Waals surface area (Å²) >= 11 is 4.66. The maximum atomic E-state index is 11.6. The summed E-state index contributed by atoms with van der Waals surface area (Å²) in [5, 5.41) is 2.57. The van der Waals surface area contributed by atoms with Crippen molar-refractivity contribution in [3.05, 3.63) is 20.3 Å². The van der Waals surface area contributed by atoms with Crippen molar-refractivity contribution >= 4 is 43.0 Å². The number of rotatable bonds is 4. The molecule has 0 aromatic carbocycles. The van der Waals surface area contributed by atoms with E-state index in [1.165, 1.54) is 11.3 Å². The molecule has 0 spiro atoms. The Morgan fingerprint density at radius 1 is 1.56 bits per heavy atom. The fraction of sp³-hybridized carbons (Fsp3) is 0.444. The van der Waals surface area contributed by atoms with E-state index in [-0.39, 0.29) is 18.2 Å². The lowest BCUT2D eigenvalue weighted by atomic mass is 10.3. The van der Waals surface area contributed by atoms with Gasteiger partial charge in [-0.3, -0.25) is 4.79 Å². The summed E-state index contributed by atoms with van der Waals surface area (Å²) in [5.41, 5.74) is 0.998. The quantitative estimate of drug-likeness (QED) is 0.914. The van der Waals surface area contributed by atoms with Crippen LogP contribution in [0.25, 0.3) is 0 Å². The average molecular weight is 326 g/mol. The molecule has 0 aliphatic heterocycles. The number of halogens is 1. The van der Waals surface area contributed by atoms with Crippen LogP contribution in [0.3, 0.4) is 0 Å². The molecule has 0 radical (unpaired) electrons. The molecule has 0 saturated carbocycles. The molecule has 16 heavy (non-hydrogen) atoms. The summed E-state index contributed by atoms with van der Waals surface area (Å²) in [4.78, 5) is 12.2. The van der Waals surface area contributed by atoms with Crippen molar-refractivity contribution < 1.29 is 13.2 Å². The van der Waals surface area contributed by atoms with E-state index in [2.05, 4.69) is 21.2 Å². The minimum Gasteiger partial charge on any atom is -0.350 e. The maximum Gasteiger partial charge on any atom is 0.261 e. The number of carbonyl (C=O) groups is 1. The van der Waals surface area contributed by atoms with Crippen LogP contribution in [0.1, 0.15) is 15.2 Å².